The number of rotatable bonds is 3. The summed E-state index contributed by atoms with van der Waals surface area (Å²) in [4.78, 5) is 0. The highest BCUT2D eigenvalue weighted by atomic mass is 79.9. The zero-order chi connectivity index (χ0) is 13.1. The van der Waals surface area contributed by atoms with E-state index in [0.29, 0.717) is 8.95 Å². The minimum absolute atomic E-state index is 0.238. The third-order valence-corrected chi connectivity index (χ3v) is 4.11. The predicted octanol–water partition coefficient (Wildman–Crippen LogP) is 5.36. The molecule has 1 nitrogen and oxygen atoms in total. The maximum atomic E-state index is 9.64. The molecule has 94 valence electrons. The molecule has 2 rings (SSSR count). The molecule has 0 aromatic heterocycles. The molecule has 0 aliphatic heterocycles. The summed E-state index contributed by atoms with van der Waals surface area (Å²) in [5.41, 5.74) is 2.37. The van der Waals surface area contributed by atoms with Gasteiger partial charge in [0, 0.05) is 5.02 Å². The number of aromatic hydroxyl groups is 1. The van der Waals surface area contributed by atoms with Crippen molar-refractivity contribution in [2.45, 2.75) is 12.8 Å². The average molecular weight is 391 g/mol. The summed E-state index contributed by atoms with van der Waals surface area (Å²) in [5, 5.41) is 10.4. The van der Waals surface area contributed by atoms with Gasteiger partial charge in [0.2, 0.25) is 0 Å². The number of hydrogen-bond donors (Lipinski definition) is 1. The lowest BCUT2D eigenvalue weighted by Crippen LogP contribution is -1.92. The van der Waals surface area contributed by atoms with Crippen LogP contribution in [-0.4, -0.2) is 5.11 Å². The van der Waals surface area contributed by atoms with Gasteiger partial charge < -0.3 is 5.11 Å². The molecular weight excluding hydrogens is 379 g/mol. The SMILES string of the molecule is Oc1c(Br)cc(CCc2cccc(Cl)c2)cc1Br. The van der Waals surface area contributed by atoms with Crippen molar-refractivity contribution in [1.29, 1.82) is 0 Å². The number of benzene rings is 2. The summed E-state index contributed by atoms with van der Waals surface area (Å²) in [6, 6.07) is 11.7. The predicted molar refractivity (Wildman–Crippen MR) is 82.4 cm³/mol. The first-order valence-electron chi connectivity index (χ1n) is 5.47. The topological polar surface area (TPSA) is 20.2 Å². The molecule has 0 radical (unpaired) electrons. The molecule has 2 aromatic rings. The molecule has 0 bridgehead atoms. The van der Waals surface area contributed by atoms with Crippen molar-refractivity contribution in [3.05, 3.63) is 61.5 Å². The Hall–Kier alpha value is -0.510. The van der Waals surface area contributed by atoms with Gasteiger partial charge in [0.1, 0.15) is 5.75 Å². The zero-order valence-electron chi connectivity index (χ0n) is 9.46. The molecule has 0 amide bonds. The molecule has 0 unspecified atom stereocenters. The van der Waals surface area contributed by atoms with E-state index in [1.54, 1.807) is 0 Å². The smallest absolute Gasteiger partial charge is 0.143 e. The van der Waals surface area contributed by atoms with Crippen LogP contribution in [0.15, 0.2) is 45.3 Å². The second-order valence-electron chi connectivity index (χ2n) is 4.04. The number of phenols is 1. The van der Waals surface area contributed by atoms with E-state index in [2.05, 4.69) is 37.9 Å². The molecular formula is C14H11Br2ClO. The van der Waals surface area contributed by atoms with Crippen LogP contribution < -0.4 is 0 Å². The summed E-state index contributed by atoms with van der Waals surface area (Å²) < 4.78 is 1.41. The van der Waals surface area contributed by atoms with Crippen molar-refractivity contribution in [1.82, 2.24) is 0 Å². The number of phenolic OH excluding ortho intramolecular Hbond substituents is 1. The Morgan fingerprint density at radius 2 is 1.56 bits per heavy atom. The third-order valence-electron chi connectivity index (χ3n) is 2.67. The van der Waals surface area contributed by atoms with Gasteiger partial charge in [0.05, 0.1) is 8.95 Å². The van der Waals surface area contributed by atoms with Gasteiger partial charge in [-0.25, -0.2) is 0 Å². The highest BCUT2D eigenvalue weighted by Gasteiger charge is 2.06. The highest BCUT2D eigenvalue weighted by Crippen LogP contribution is 2.33. The van der Waals surface area contributed by atoms with Crippen LogP contribution in [0.3, 0.4) is 0 Å². The molecule has 0 heterocycles. The molecule has 18 heavy (non-hydrogen) atoms. The van der Waals surface area contributed by atoms with Gasteiger partial charge >= 0.3 is 0 Å². The fourth-order valence-electron chi connectivity index (χ4n) is 1.74. The minimum Gasteiger partial charge on any atom is -0.506 e. The average Bonchev–Trinajstić information content (AvgIpc) is 2.33. The third kappa shape index (κ3) is 3.50. The summed E-state index contributed by atoms with van der Waals surface area (Å²) >= 11 is 12.6. The van der Waals surface area contributed by atoms with Crippen molar-refractivity contribution in [2.75, 3.05) is 0 Å². The lowest BCUT2D eigenvalue weighted by Gasteiger charge is -2.06. The van der Waals surface area contributed by atoms with E-state index in [1.807, 2.05) is 30.3 Å². The van der Waals surface area contributed by atoms with E-state index < -0.39 is 0 Å². The van der Waals surface area contributed by atoms with E-state index in [-0.39, 0.29) is 5.75 Å². The van der Waals surface area contributed by atoms with Gasteiger partial charge in [0.25, 0.3) is 0 Å². The number of hydrogen-bond acceptors (Lipinski definition) is 1. The van der Waals surface area contributed by atoms with Gasteiger partial charge in [-0.1, -0.05) is 23.7 Å². The number of halogens is 3. The van der Waals surface area contributed by atoms with E-state index in [0.717, 1.165) is 23.4 Å². The van der Waals surface area contributed by atoms with Crippen LogP contribution in [0.5, 0.6) is 5.75 Å². The number of aryl methyl sites for hydroxylation is 2. The molecule has 1 N–H and O–H groups in total. The van der Waals surface area contributed by atoms with Gasteiger partial charge in [-0.3, -0.25) is 0 Å². The second-order valence-corrected chi connectivity index (χ2v) is 6.18. The molecule has 0 aliphatic rings. The van der Waals surface area contributed by atoms with E-state index >= 15 is 0 Å². The summed E-state index contributed by atoms with van der Waals surface area (Å²) in [5.74, 6) is 0.238. The lowest BCUT2D eigenvalue weighted by molar-refractivity contribution is 0.468. The Kier molecular flexibility index (Phi) is 4.71. The lowest BCUT2D eigenvalue weighted by atomic mass is 10.0. The van der Waals surface area contributed by atoms with E-state index in [1.165, 1.54) is 5.56 Å². The fourth-order valence-corrected chi connectivity index (χ4v) is 3.24. The normalized spacial score (nSPS) is 10.6. The quantitative estimate of drug-likeness (QED) is 0.748. The van der Waals surface area contributed by atoms with Crippen molar-refractivity contribution in [2.24, 2.45) is 0 Å². The maximum Gasteiger partial charge on any atom is 0.143 e. The molecule has 0 atom stereocenters. The Morgan fingerprint density at radius 1 is 0.944 bits per heavy atom. The van der Waals surface area contributed by atoms with Crippen molar-refractivity contribution in [3.63, 3.8) is 0 Å². The Balaban J connectivity index is 2.11. The Labute approximate surface area is 128 Å². The van der Waals surface area contributed by atoms with Gasteiger partial charge in [-0.15, -0.1) is 0 Å². The first kappa shape index (κ1) is 13.9. The molecule has 2 aromatic carbocycles. The van der Waals surface area contributed by atoms with Crippen LogP contribution >= 0.6 is 43.5 Å². The minimum atomic E-state index is 0.238. The van der Waals surface area contributed by atoms with Crippen molar-refractivity contribution < 1.29 is 5.11 Å². The van der Waals surface area contributed by atoms with E-state index in [4.69, 9.17) is 11.6 Å². The molecule has 0 aliphatic carbocycles. The second kappa shape index (κ2) is 6.09. The van der Waals surface area contributed by atoms with Crippen LogP contribution in [0.2, 0.25) is 5.02 Å². The first-order valence-corrected chi connectivity index (χ1v) is 7.44. The Bertz CT molecular complexity index is 546. The van der Waals surface area contributed by atoms with Crippen molar-refractivity contribution in [3.8, 4) is 5.75 Å². The molecule has 0 saturated heterocycles. The summed E-state index contributed by atoms with van der Waals surface area (Å²) in [6.07, 6.45) is 1.82. The van der Waals surface area contributed by atoms with Crippen LogP contribution in [0.25, 0.3) is 0 Å². The molecule has 0 saturated carbocycles. The van der Waals surface area contributed by atoms with Gasteiger partial charge in [0.15, 0.2) is 0 Å². The van der Waals surface area contributed by atoms with Gasteiger partial charge in [-0.05, 0) is 80.1 Å². The van der Waals surface area contributed by atoms with Crippen LogP contribution in [0.4, 0.5) is 0 Å². The molecule has 0 spiro atoms. The first-order chi connectivity index (χ1) is 8.56. The molecule has 4 heteroatoms. The van der Waals surface area contributed by atoms with Crippen LogP contribution in [0.1, 0.15) is 11.1 Å². The molecule has 0 fully saturated rings. The van der Waals surface area contributed by atoms with Gasteiger partial charge in [-0.2, -0.15) is 0 Å². The van der Waals surface area contributed by atoms with E-state index in [9.17, 15) is 5.11 Å². The van der Waals surface area contributed by atoms with Crippen LogP contribution in [-0.2, 0) is 12.8 Å². The Morgan fingerprint density at radius 3 is 2.17 bits per heavy atom. The highest BCUT2D eigenvalue weighted by molar-refractivity contribution is 9.11. The zero-order valence-corrected chi connectivity index (χ0v) is 13.4. The fraction of sp³-hybridized carbons (Fsp3) is 0.143. The monoisotopic (exact) mass is 388 g/mol. The van der Waals surface area contributed by atoms with Crippen LogP contribution in [0, 0.1) is 0 Å². The van der Waals surface area contributed by atoms with Crippen molar-refractivity contribution >= 4 is 43.5 Å². The summed E-state index contributed by atoms with van der Waals surface area (Å²) in [6.45, 7) is 0. The maximum absolute atomic E-state index is 9.64. The summed E-state index contributed by atoms with van der Waals surface area (Å²) in [7, 11) is 0. The standard InChI is InChI=1S/C14H11Br2ClO/c15-12-7-10(8-13(16)14(12)18)5-4-9-2-1-3-11(17)6-9/h1-3,6-8,18H,4-5H2. The largest absolute Gasteiger partial charge is 0.506 e.